The summed E-state index contributed by atoms with van der Waals surface area (Å²) in [7, 11) is 0. The van der Waals surface area contributed by atoms with Gasteiger partial charge in [-0.3, -0.25) is 14.4 Å². The number of ether oxygens (including phenoxy) is 1. The van der Waals surface area contributed by atoms with Crippen LogP contribution in [-0.2, 0) is 9.53 Å². The molecule has 0 aromatic carbocycles. The molecular formula is C21H29N3O4. The maximum absolute atomic E-state index is 12.8. The fourth-order valence-electron chi connectivity index (χ4n) is 4.81. The number of likely N-dealkylation sites (tertiary alicyclic amines) is 2. The van der Waals surface area contributed by atoms with Crippen LogP contribution < -0.4 is 5.43 Å². The maximum atomic E-state index is 12.8. The van der Waals surface area contributed by atoms with Crippen LogP contribution >= 0.6 is 0 Å². The van der Waals surface area contributed by atoms with Gasteiger partial charge in [-0.15, -0.1) is 0 Å². The van der Waals surface area contributed by atoms with Crippen LogP contribution in [0.5, 0.6) is 0 Å². The number of amides is 2. The normalized spacial score (nSPS) is 24.8. The predicted molar refractivity (Wildman–Crippen MR) is 104 cm³/mol. The van der Waals surface area contributed by atoms with Crippen LogP contribution in [-0.4, -0.2) is 65.5 Å². The first kappa shape index (κ1) is 19.2. The lowest BCUT2D eigenvalue weighted by Crippen LogP contribution is -2.53. The second-order valence-electron chi connectivity index (χ2n) is 8.60. The van der Waals surface area contributed by atoms with Gasteiger partial charge in [0.05, 0.1) is 6.10 Å². The Morgan fingerprint density at radius 1 is 1.29 bits per heavy atom. The molecule has 3 fully saturated rings. The first-order valence-corrected chi connectivity index (χ1v) is 10.3. The molecule has 1 N–H and O–H groups in total. The van der Waals surface area contributed by atoms with Crippen LogP contribution in [0.4, 0.5) is 0 Å². The number of hydrogen-bond donors (Lipinski definition) is 1. The fraction of sp³-hybridized carbons (Fsp3) is 0.667. The number of aromatic nitrogens is 1. The van der Waals surface area contributed by atoms with Crippen LogP contribution in [0.2, 0.25) is 0 Å². The summed E-state index contributed by atoms with van der Waals surface area (Å²) in [5, 5.41) is 0. The molecular weight excluding hydrogens is 358 g/mol. The number of hydrogen-bond acceptors (Lipinski definition) is 4. The lowest BCUT2D eigenvalue weighted by molar-refractivity contribution is -0.141. The summed E-state index contributed by atoms with van der Waals surface area (Å²) in [6.07, 6.45) is 7.02. The second-order valence-corrected chi connectivity index (χ2v) is 8.60. The lowest BCUT2D eigenvalue weighted by atomic mass is 9.72. The van der Waals surface area contributed by atoms with Crippen molar-refractivity contribution in [3.05, 3.63) is 33.7 Å². The van der Waals surface area contributed by atoms with Gasteiger partial charge in [0.25, 0.3) is 5.91 Å². The van der Waals surface area contributed by atoms with Gasteiger partial charge in [0, 0.05) is 57.2 Å². The van der Waals surface area contributed by atoms with Crippen LogP contribution in [0.3, 0.4) is 0 Å². The van der Waals surface area contributed by atoms with Gasteiger partial charge in [-0.05, 0) is 44.4 Å². The molecule has 3 aliphatic rings. The smallest absolute Gasteiger partial charge is 0.259 e. The fourth-order valence-corrected chi connectivity index (χ4v) is 4.81. The molecule has 7 nitrogen and oxygen atoms in total. The quantitative estimate of drug-likeness (QED) is 0.856. The predicted octanol–water partition coefficient (Wildman–Crippen LogP) is 1.71. The van der Waals surface area contributed by atoms with Crippen molar-refractivity contribution in [2.24, 2.45) is 5.41 Å². The van der Waals surface area contributed by atoms with E-state index in [9.17, 15) is 14.4 Å². The van der Waals surface area contributed by atoms with Crippen LogP contribution in [0.1, 0.15) is 54.6 Å². The van der Waals surface area contributed by atoms with Gasteiger partial charge in [0.15, 0.2) is 5.43 Å². The summed E-state index contributed by atoms with van der Waals surface area (Å²) in [6, 6.07) is 1.47. The van der Waals surface area contributed by atoms with Gasteiger partial charge < -0.3 is 19.5 Å². The first-order valence-electron chi connectivity index (χ1n) is 10.3. The number of aryl methyl sites for hydroxylation is 1. The van der Waals surface area contributed by atoms with Crippen LogP contribution in [0.15, 0.2) is 17.1 Å². The van der Waals surface area contributed by atoms with E-state index in [4.69, 9.17) is 4.74 Å². The van der Waals surface area contributed by atoms with E-state index in [2.05, 4.69) is 4.98 Å². The van der Waals surface area contributed by atoms with Crippen molar-refractivity contribution in [3.63, 3.8) is 0 Å². The van der Waals surface area contributed by atoms with E-state index in [1.165, 1.54) is 12.3 Å². The highest BCUT2D eigenvalue weighted by molar-refractivity contribution is 5.93. The zero-order valence-corrected chi connectivity index (χ0v) is 16.5. The molecule has 1 aromatic rings. The molecule has 152 valence electrons. The minimum atomic E-state index is -0.229. The number of rotatable bonds is 3. The molecule has 0 unspecified atom stereocenters. The van der Waals surface area contributed by atoms with E-state index in [0.717, 1.165) is 50.9 Å². The van der Waals surface area contributed by atoms with E-state index >= 15 is 0 Å². The number of nitrogens with zero attached hydrogens (tertiary/aromatic N) is 2. The molecule has 0 radical (unpaired) electrons. The van der Waals surface area contributed by atoms with Gasteiger partial charge in [0.1, 0.15) is 5.56 Å². The van der Waals surface area contributed by atoms with Gasteiger partial charge in [-0.25, -0.2) is 0 Å². The molecule has 3 saturated heterocycles. The molecule has 7 heteroatoms. The minimum absolute atomic E-state index is 0.0863. The van der Waals surface area contributed by atoms with E-state index in [1.54, 1.807) is 11.8 Å². The molecule has 28 heavy (non-hydrogen) atoms. The standard InChI is InChI=1S/C21H29N3O4/c1-15-11-18(25)17(12-22-15)20(27)23-8-6-21(7-9-23)5-4-19(26)24(14-21)13-16-3-2-10-28-16/h11-12,16H,2-10,13-14H2,1H3,(H,22,25)/t16-/m1/s1. The maximum Gasteiger partial charge on any atom is 0.259 e. The molecule has 1 aromatic heterocycles. The lowest BCUT2D eigenvalue weighted by Gasteiger charge is -2.47. The average Bonchev–Trinajstić information content (AvgIpc) is 3.18. The summed E-state index contributed by atoms with van der Waals surface area (Å²) in [5.74, 6) is 0.0324. The molecule has 1 atom stereocenters. The Kier molecular flexibility index (Phi) is 5.27. The molecule has 0 saturated carbocycles. The van der Waals surface area contributed by atoms with Gasteiger partial charge >= 0.3 is 0 Å². The number of aromatic amines is 1. The SMILES string of the molecule is Cc1cc(=O)c(C(=O)N2CCC3(CCC(=O)N(C[C@H]4CCCO4)C3)CC2)c[nH]1. The van der Waals surface area contributed by atoms with Crippen molar-refractivity contribution < 1.29 is 14.3 Å². The highest BCUT2D eigenvalue weighted by Gasteiger charge is 2.42. The van der Waals surface area contributed by atoms with Gasteiger partial charge in [0.2, 0.25) is 5.91 Å². The second kappa shape index (κ2) is 7.70. The largest absolute Gasteiger partial charge is 0.376 e. The number of pyridine rings is 1. The monoisotopic (exact) mass is 387 g/mol. The van der Waals surface area contributed by atoms with Crippen LogP contribution in [0.25, 0.3) is 0 Å². The van der Waals surface area contributed by atoms with Crippen LogP contribution in [0, 0.1) is 12.3 Å². The summed E-state index contributed by atoms with van der Waals surface area (Å²) in [6.45, 7) is 5.32. The highest BCUT2D eigenvalue weighted by Crippen LogP contribution is 2.40. The third-order valence-corrected chi connectivity index (χ3v) is 6.60. The third kappa shape index (κ3) is 3.85. The van der Waals surface area contributed by atoms with Gasteiger partial charge in [-0.1, -0.05) is 0 Å². The molecule has 0 aliphatic carbocycles. The summed E-state index contributed by atoms with van der Waals surface area (Å²) < 4.78 is 5.72. The van der Waals surface area contributed by atoms with E-state index in [0.29, 0.717) is 26.1 Å². The minimum Gasteiger partial charge on any atom is -0.376 e. The number of carbonyl (C=O) groups is 2. The van der Waals surface area contributed by atoms with Crippen molar-refractivity contribution in [2.75, 3.05) is 32.8 Å². The van der Waals surface area contributed by atoms with E-state index in [-0.39, 0.29) is 34.3 Å². The number of H-pyrrole nitrogens is 1. The number of piperidine rings is 2. The summed E-state index contributed by atoms with van der Waals surface area (Å²) in [5.41, 5.74) is 0.813. The molecule has 4 heterocycles. The third-order valence-electron chi connectivity index (χ3n) is 6.60. The summed E-state index contributed by atoms with van der Waals surface area (Å²) >= 11 is 0. The Morgan fingerprint density at radius 2 is 2.07 bits per heavy atom. The summed E-state index contributed by atoms with van der Waals surface area (Å²) in [4.78, 5) is 44.0. The Balaban J connectivity index is 1.39. The Labute approximate surface area is 165 Å². The Morgan fingerprint density at radius 3 is 2.75 bits per heavy atom. The zero-order valence-electron chi connectivity index (χ0n) is 16.5. The molecule has 0 bridgehead atoms. The number of carbonyl (C=O) groups excluding carboxylic acids is 2. The van der Waals surface area contributed by atoms with E-state index in [1.807, 2.05) is 4.90 Å². The van der Waals surface area contributed by atoms with Crippen molar-refractivity contribution in [2.45, 2.75) is 51.6 Å². The molecule has 4 rings (SSSR count). The van der Waals surface area contributed by atoms with Crippen molar-refractivity contribution in [3.8, 4) is 0 Å². The van der Waals surface area contributed by atoms with Crippen molar-refractivity contribution in [1.29, 1.82) is 0 Å². The Hall–Kier alpha value is -2.15. The molecule has 3 aliphatic heterocycles. The molecule has 2 amide bonds. The van der Waals surface area contributed by atoms with Crippen molar-refractivity contribution >= 4 is 11.8 Å². The zero-order chi connectivity index (χ0) is 19.7. The van der Waals surface area contributed by atoms with Crippen molar-refractivity contribution in [1.82, 2.24) is 14.8 Å². The average molecular weight is 387 g/mol. The molecule has 1 spiro atoms. The number of nitrogens with one attached hydrogen (secondary N) is 1. The Bertz CT molecular complexity index is 804. The highest BCUT2D eigenvalue weighted by atomic mass is 16.5. The van der Waals surface area contributed by atoms with E-state index < -0.39 is 0 Å². The topological polar surface area (TPSA) is 82.7 Å². The first-order chi connectivity index (χ1) is 13.5. The van der Waals surface area contributed by atoms with Gasteiger partial charge in [-0.2, -0.15) is 0 Å².